The van der Waals surface area contributed by atoms with E-state index < -0.39 is 21.8 Å². The van der Waals surface area contributed by atoms with Gasteiger partial charge in [0.2, 0.25) is 5.91 Å². The van der Waals surface area contributed by atoms with E-state index in [9.17, 15) is 31.2 Å². The number of rotatable bonds is 7. The van der Waals surface area contributed by atoms with Crippen molar-refractivity contribution in [2.75, 3.05) is 24.4 Å². The lowest BCUT2D eigenvalue weighted by Gasteiger charge is -2.30. The topological polar surface area (TPSA) is 119 Å². The molecule has 1 heterocycles. The van der Waals surface area contributed by atoms with Gasteiger partial charge in [0, 0.05) is 24.7 Å². The summed E-state index contributed by atoms with van der Waals surface area (Å²) >= 11 is 0. The average molecular weight is 485 g/mol. The smallest absolute Gasteiger partial charge is 0.416 e. The van der Waals surface area contributed by atoms with Crippen molar-refractivity contribution in [1.29, 1.82) is 0 Å². The second-order valence-electron chi connectivity index (χ2n) is 7.50. The third kappa shape index (κ3) is 6.37. The molecule has 2 aromatic rings. The molecule has 0 unspecified atom stereocenters. The quantitative estimate of drug-likeness (QED) is 0.625. The molecular weight excluding hydrogens is 463 g/mol. The van der Waals surface area contributed by atoms with E-state index in [1.54, 1.807) is 4.90 Å². The maximum Gasteiger partial charge on any atom is 0.416 e. The number of hydrogen-bond acceptors (Lipinski definition) is 5. The molecule has 3 N–H and O–H groups in total. The lowest BCUT2D eigenvalue weighted by Crippen LogP contribution is -2.43. The van der Waals surface area contributed by atoms with Gasteiger partial charge in [0.15, 0.2) is 6.61 Å². The van der Waals surface area contributed by atoms with Crippen molar-refractivity contribution >= 4 is 27.5 Å². The number of likely N-dealkylation sites (tertiary alicyclic amines) is 1. The van der Waals surface area contributed by atoms with Crippen molar-refractivity contribution in [3.05, 3.63) is 54.1 Å². The van der Waals surface area contributed by atoms with Crippen molar-refractivity contribution in [2.45, 2.75) is 23.9 Å². The van der Waals surface area contributed by atoms with Gasteiger partial charge in [-0.3, -0.25) is 14.3 Å². The molecule has 33 heavy (non-hydrogen) atoms. The van der Waals surface area contributed by atoms with Crippen LogP contribution in [0.1, 0.15) is 18.4 Å². The number of ether oxygens (including phenoxy) is 1. The summed E-state index contributed by atoms with van der Waals surface area (Å²) in [6.45, 7) is 0.526. The van der Waals surface area contributed by atoms with Gasteiger partial charge in [0.05, 0.1) is 10.5 Å². The SMILES string of the molecule is NC(=O)C1CCN(C(=O)COc2ccc(S(=O)(=O)Nc3cccc(C(F)(F)F)c3)cc2)CC1. The third-order valence-electron chi connectivity index (χ3n) is 5.19. The standard InChI is InChI=1S/C21H22F3N3O5S/c22-21(23,24)15-2-1-3-16(12-15)26-33(30,31)18-6-4-17(5-7-18)32-13-19(28)27-10-8-14(9-11-27)20(25)29/h1-7,12,14,26H,8-11,13H2,(H2,25,29). The summed E-state index contributed by atoms with van der Waals surface area (Å²) in [6.07, 6.45) is -3.62. The van der Waals surface area contributed by atoms with Crippen LogP contribution in [0, 0.1) is 5.92 Å². The Hall–Kier alpha value is -3.28. The summed E-state index contributed by atoms with van der Waals surface area (Å²) in [5.41, 5.74) is 4.07. The fourth-order valence-electron chi connectivity index (χ4n) is 3.34. The number of nitrogens with two attached hydrogens (primary N) is 1. The minimum atomic E-state index is -4.60. The summed E-state index contributed by atoms with van der Waals surface area (Å²) < 4.78 is 71.0. The fourth-order valence-corrected chi connectivity index (χ4v) is 4.39. The highest BCUT2D eigenvalue weighted by atomic mass is 32.2. The van der Waals surface area contributed by atoms with Crippen LogP contribution < -0.4 is 15.2 Å². The molecule has 3 rings (SSSR count). The van der Waals surface area contributed by atoms with E-state index >= 15 is 0 Å². The Labute approximate surface area is 188 Å². The van der Waals surface area contributed by atoms with E-state index in [1.807, 2.05) is 0 Å². The molecule has 2 aromatic carbocycles. The summed E-state index contributed by atoms with van der Waals surface area (Å²) in [5.74, 6) is -0.654. The van der Waals surface area contributed by atoms with Gasteiger partial charge < -0.3 is 15.4 Å². The second kappa shape index (κ2) is 9.69. The van der Waals surface area contributed by atoms with Crippen LogP contribution in [0.5, 0.6) is 5.75 Å². The molecule has 0 aliphatic carbocycles. The van der Waals surface area contributed by atoms with Crippen LogP contribution in [0.4, 0.5) is 18.9 Å². The van der Waals surface area contributed by atoms with E-state index in [4.69, 9.17) is 10.5 Å². The van der Waals surface area contributed by atoms with Gasteiger partial charge in [0.1, 0.15) is 5.75 Å². The van der Waals surface area contributed by atoms with Crippen LogP contribution >= 0.6 is 0 Å². The summed E-state index contributed by atoms with van der Waals surface area (Å²) in [5, 5.41) is 0. The van der Waals surface area contributed by atoms with Gasteiger partial charge in [-0.1, -0.05) is 6.07 Å². The molecule has 0 atom stereocenters. The van der Waals surface area contributed by atoms with Crippen molar-refractivity contribution < 1.29 is 35.9 Å². The van der Waals surface area contributed by atoms with Crippen molar-refractivity contribution in [1.82, 2.24) is 4.90 Å². The normalized spacial score (nSPS) is 15.2. The first-order chi connectivity index (χ1) is 15.5. The van der Waals surface area contributed by atoms with Crippen LogP contribution in [-0.4, -0.2) is 44.8 Å². The Bertz CT molecular complexity index is 1110. The van der Waals surface area contributed by atoms with Gasteiger partial charge in [-0.25, -0.2) is 8.42 Å². The van der Waals surface area contributed by atoms with Gasteiger partial charge in [-0.15, -0.1) is 0 Å². The summed E-state index contributed by atoms with van der Waals surface area (Å²) in [6, 6.07) is 8.97. The average Bonchev–Trinajstić information content (AvgIpc) is 2.77. The van der Waals surface area contributed by atoms with Crippen LogP contribution in [0.15, 0.2) is 53.4 Å². The molecule has 178 valence electrons. The summed E-state index contributed by atoms with van der Waals surface area (Å²) in [4.78, 5) is 24.9. The number of alkyl halides is 3. The van der Waals surface area contributed by atoms with Gasteiger partial charge >= 0.3 is 6.18 Å². The highest BCUT2D eigenvalue weighted by Gasteiger charge is 2.31. The lowest BCUT2D eigenvalue weighted by atomic mass is 9.96. The molecular formula is C21H22F3N3O5S. The molecule has 1 fully saturated rings. The third-order valence-corrected chi connectivity index (χ3v) is 6.59. The number of hydrogen-bond donors (Lipinski definition) is 2. The zero-order valence-electron chi connectivity index (χ0n) is 17.3. The lowest BCUT2D eigenvalue weighted by molar-refractivity contribution is -0.137. The number of nitrogens with zero attached hydrogens (tertiary/aromatic N) is 1. The van der Waals surface area contributed by atoms with Crippen molar-refractivity contribution in [3.8, 4) is 5.75 Å². The Morgan fingerprint density at radius 3 is 2.30 bits per heavy atom. The van der Waals surface area contributed by atoms with Gasteiger partial charge in [-0.2, -0.15) is 13.2 Å². The molecule has 0 aromatic heterocycles. The van der Waals surface area contributed by atoms with Crippen molar-refractivity contribution in [3.63, 3.8) is 0 Å². The second-order valence-corrected chi connectivity index (χ2v) is 9.18. The van der Waals surface area contributed by atoms with E-state index in [0.717, 1.165) is 12.1 Å². The number of piperidine rings is 1. The van der Waals surface area contributed by atoms with E-state index in [1.165, 1.54) is 30.3 Å². The summed E-state index contributed by atoms with van der Waals surface area (Å²) in [7, 11) is -4.14. The zero-order valence-corrected chi connectivity index (χ0v) is 18.2. The Kier molecular flexibility index (Phi) is 7.15. The molecule has 0 bridgehead atoms. The number of nitrogens with one attached hydrogen (secondary N) is 1. The predicted molar refractivity (Wildman–Crippen MR) is 113 cm³/mol. The minimum Gasteiger partial charge on any atom is -0.484 e. The Morgan fingerprint density at radius 1 is 1.09 bits per heavy atom. The van der Waals surface area contributed by atoms with Crippen LogP contribution in [0.3, 0.4) is 0 Å². The molecule has 0 radical (unpaired) electrons. The van der Waals surface area contributed by atoms with E-state index in [0.29, 0.717) is 32.0 Å². The predicted octanol–water partition coefficient (Wildman–Crippen LogP) is 2.61. The molecule has 0 spiro atoms. The molecule has 1 aliphatic rings. The number of halogens is 3. The first kappa shape index (κ1) is 24.4. The van der Waals surface area contributed by atoms with Crippen LogP contribution in [0.2, 0.25) is 0 Å². The maximum absolute atomic E-state index is 12.8. The molecule has 0 saturated carbocycles. The molecule has 1 aliphatic heterocycles. The van der Waals surface area contributed by atoms with Crippen molar-refractivity contribution in [2.24, 2.45) is 11.7 Å². The number of anilines is 1. The minimum absolute atomic E-state index is 0.188. The van der Waals surface area contributed by atoms with E-state index in [2.05, 4.69) is 4.72 Å². The molecule has 12 heteroatoms. The largest absolute Gasteiger partial charge is 0.484 e. The highest BCUT2D eigenvalue weighted by molar-refractivity contribution is 7.92. The fraction of sp³-hybridized carbons (Fsp3) is 0.333. The zero-order chi connectivity index (χ0) is 24.2. The Morgan fingerprint density at radius 2 is 1.73 bits per heavy atom. The number of carbonyl (C=O) groups excluding carboxylic acids is 2. The number of primary amides is 1. The first-order valence-electron chi connectivity index (χ1n) is 9.96. The number of sulfonamides is 1. The molecule has 1 saturated heterocycles. The molecule has 2 amide bonds. The van der Waals surface area contributed by atoms with Crippen LogP contribution in [0.25, 0.3) is 0 Å². The maximum atomic E-state index is 12.8. The van der Waals surface area contributed by atoms with Gasteiger partial charge in [0.25, 0.3) is 15.9 Å². The first-order valence-corrected chi connectivity index (χ1v) is 11.4. The number of amides is 2. The highest BCUT2D eigenvalue weighted by Crippen LogP contribution is 2.31. The van der Waals surface area contributed by atoms with E-state index in [-0.39, 0.29) is 40.7 Å². The molecule has 8 nitrogen and oxygen atoms in total. The number of carbonyl (C=O) groups is 2. The monoisotopic (exact) mass is 485 g/mol. The van der Waals surface area contributed by atoms with Gasteiger partial charge in [-0.05, 0) is 55.3 Å². The Balaban J connectivity index is 1.57. The number of benzene rings is 2. The van der Waals surface area contributed by atoms with Crippen LogP contribution in [-0.2, 0) is 25.8 Å².